The lowest BCUT2D eigenvalue weighted by molar-refractivity contribution is 0.510. The lowest BCUT2D eigenvalue weighted by Gasteiger charge is -2.25. The number of aromatic nitrogens is 2. The monoisotopic (exact) mass is 271 g/mol. The molecule has 3 rings (SSSR count). The van der Waals surface area contributed by atoms with Crippen molar-refractivity contribution in [1.29, 1.82) is 0 Å². The van der Waals surface area contributed by atoms with Gasteiger partial charge in [-0.25, -0.2) is 4.68 Å². The summed E-state index contributed by atoms with van der Waals surface area (Å²) in [6.45, 7) is 4.55. The predicted molar refractivity (Wildman–Crippen MR) is 80.0 cm³/mol. The molecule has 1 unspecified atom stereocenters. The average molecular weight is 271 g/mol. The highest BCUT2D eigenvalue weighted by atomic mass is 32.2. The summed E-state index contributed by atoms with van der Waals surface area (Å²) >= 11 is 1.95. The van der Waals surface area contributed by atoms with Gasteiger partial charge in [-0.05, 0) is 23.8 Å². The highest BCUT2D eigenvalue weighted by Crippen LogP contribution is 2.35. The van der Waals surface area contributed by atoms with E-state index >= 15 is 0 Å². The standard InChI is InChI=1S/C15H17N3S/c1-2-18-11-12(10-17-18)9-16-14-7-8-19-15-6-4-3-5-13(14)15/h2-6,10-11,14,16H,1,7-9H2. The maximum absolute atomic E-state index is 4.20. The number of nitrogens with zero attached hydrogens (tertiary/aromatic N) is 2. The molecule has 2 heterocycles. The average Bonchev–Trinajstić information content (AvgIpc) is 2.93. The number of rotatable bonds is 4. The van der Waals surface area contributed by atoms with Crippen molar-refractivity contribution in [3.63, 3.8) is 0 Å². The summed E-state index contributed by atoms with van der Waals surface area (Å²) in [6.07, 6.45) is 6.77. The molecule has 2 aromatic rings. The quantitative estimate of drug-likeness (QED) is 0.925. The molecule has 4 heteroatoms. The van der Waals surface area contributed by atoms with Gasteiger partial charge in [0.25, 0.3) is 0 Å². The predicted octanol–water partition coefficient (Wildman–Crippen LogP) is 3.31. The van der Waals surface area contributed by atoms with Crippen LogP contribution in [0.15, 0.2) is 48.1 Å². The van der Waals surface area contributed by atoms with Gasteiger partial charge in [0.1, 0.15) is 0 Å². The van der Waals surface area contributed by atoms with Gasteiger partial charge < -0.3 is 5.32 Å². The number of hydrogen-bond acceptors (Lipinski definition) is 3. The van der Waals surface area contributed by atoms with Crippen LogP contribution in [-0.2, 0) is 6.54 Å². The van der Waals surface area contributed by atoms with E-state index in [1.165, 1.54) is 28.2 Å². The van der Waals surface area contributed by atoms with Gasteiger partial charge >= 0.3 is 0 Å². The minimum atomic E-state index is 0.449. The van der Waals surface area contributed by atoms with Crippen LogP contribution in [0.3, 0.4) is 0 Å². The molecule has 1 N–H and O–H groups in total. The molecule has 0 saturated heterocycles. The van der Waals surface area contributed by atoms with E-state index in [0.717, 1.165) is 6.54 Å². The van der Waals surface area contributed by atoms with E-state index < -0.39 is 0 Å². The first-order valence-electron chi connectivity index (χ1n) is 6.47. The number of thioether (sulfide) groups is 1. The molecule has 0 radical (unpaired) electrons. The fourth-order valence-corrected chi connectivity index (χ4v) is 3.49. The zero-order valence-electron chi connectivity index (χ0n) is 10.7. The van der Waals surface area contributed by atoms with Crippen molar-refractivity contribution in [2.24, 2.45) is 0 Å². The molecule has 19 heavy (non-hydrogen) atoms. The van der Waals surface area contributed by atoms with Crippen molar-refractivity contribution in [2.45, 2.75) is 23.9 Å². The number of fused-ring (bicyclic) bond motifs is 1. The summed E-state index contributed by atoms with van der Waals surface area (Å²) in [5.41, 5.74) is 2.62. The van der Waals surface area contributed by atoms with E-state index in [4.69, 9.17) is 0 Å². The first-order valence-corrected chi connectivity index (χ1v) is 7.46. The van der Waals surface area contributed by atoms with Crippen LogP contribution in [0.25, 0.3) is 6.20 Å². The van der Waals surface area contributed by atoms with Gasteiger partial charge in [0.05, 0.1) is 6.20 Å². The molecule has 1 aliphatic rings. The first kappa shape index (κ1) is 12.5. The Bertz CT molecular complexity index is 576. The van der Waals surface area contributed by atoms with Crippen LogP contribution in [-0.4, -0.2) is 15.5 Å². The maximum Gasteiger partial charge on any atom is 0.0538 e. The normalized spacial score (nSPS) is 18.0. The molecule has 0 aliphatic carbocycles. The molecule has 3 nitrogen and oxygen atoms in total. The minimum absolute atomic E-state index is 0.449. The summed E-state index contributed by atoms with van der Waals surface area (Å²) in [5.74, 6) is 1.18. The van der Waals surface area contributed by atoms with E-state index in [0.29, 0.717) is 6.04 Å². The Hall–Kier alpha value is -1.52. The summed E-state index contributed by atoms with van der Waals surface area (Å²) in [4.78, 5) is 1.41. The summed E-state index contributed by atoms with van der Waals surface area (Å²) in [6, 6.07) is 9.12. The first-order chi connectivity index (χ1) is 9.36. The van der Waals surface area contributed by atoms with E-state index in [1.807, 2.05) is 24.2 Å². The van der Waals surface area contributed by atoms with Crippen LogP contribution in [0.2, 0.25) is 0 Å². The van der Waals surface area contributed by atoms with E-state index in [9.17, 15) is 0 Å². The zero-order chi connectivity index (χ0) is 13.1. The molecule has 98 valence electrons. The van der Waals surface area contributed by atoms with Gasteiger partial charge in [-0.2, -0.15) is 5.10 Å². The number of hydrogen-bond donors (Lipinski definition) is 1. The van der Waals surface area contributed by atoms with Crippen LogP contribution in [0.5, 0.6) is 0 Å². The molecule has 1 aromatic heterocycles. The Morgan fingerprint density at radius 3 is 3.21 bits per heavy atom. The molecule has 0 saturated carbocycles. The Kier molecular flexibility index (Phi) is 3.71. The second-order valence-corrected chi connectivity index (χ2v) is 5.76. The highest BCUT2D eigenvalue weighted by Gasteiger charge is 2.19. The Morgan fingerprint density at radius 1 is 1.47 bits per heavy atom. The Balaban J connectivity index is 1.69. The largest absolute Gasteiger partial charge is 0.306 e. The van der Waals surface area contributed by atoms with Gasteiger partial charge in [0.2, 0.25) is 0 Å². The SMILES string of the molecule is C=Cn1cc(CNC2CCSc3ccccc32)cn1. The maximum atomic E-state index is 4.20. The molecular weight excluding hydrogens is 254 g/mol. The highest BCUT2D eigenvalue weighted by molar-refractivity contribution is 7.99. The molecule has 1 aliphatic heterocycles. The summed E-state index contributed by atoms with van der Waals surface area (Å²) < 4.78 is 1.74. The third-order valence-corrected chi connectivity index (χ3v) is 4.48. The summed E-state index contributed by atoms with van der Waals surface area (Å²) in [5, 5.41) is 7.83. The molecule has 1 aromatic carbocycles. The van der Waals surface area contributed by atoms with Gasteiger partial charge in [-0.3, -0.25) is 0 Å². The third kappa shape index (κ3) is 2.74. The topological polar surface area (TPSA) is 29.9 Å². The van der Waals surface area contributed by atoms with Crippen molar-refractivity contribution >= 4 is 18.0 Å². The smallest absolute Gasteiger partial charge is 0.0538 e. The van der Waals surface area contributed by atoms with Crippen molar-refractivity contribution in [1.82, 2.24) is 15.1 Å². The van der Waals surface area contributed by atoms with E-state index in [2.05, 4.69) is 41.3 Å². The van der Waals surface area contributed by atoms with E-state index in [1.54, 1.807) is 10.9 Å². The molecule has 0 bridgehead atoms. The zero-order valence-corrected chi connectivity index (χ0v) is 11.6. The molecule has 0 fully saturated rings. The van der Waals surface area contributed by atoms with Crippen molar-refractivity contribution in [2.75, 3.05) is 5.75 Å². The molecule has 0 spiro atoms. The minimum Gasteiger partial charge on any atom is -0.306 e. The van der Waals surface area contributed by atoms with Crippen molar-refractivity contribution in [3.05, 3.63) is 54.4 Å². The van der Waals surface area contributed by atoms with Gasteiger partial charge in [-0.15, -0.1) is 11.8 Å². The second-order valence-electron chi connectivity index (χ2n) is 4.62. The van der Waals surface area contributed by atoms with Crippen LogP contribution in [0, 0.1) is 0 Å². The van der Waals surface area contributed by atoms with Crippen LogP contribution in [0.1, 0.15) is 23.6 Å². The fourth-order valence-electron chi connectivity index (χ4n) is 2.36. The van der Waals surface area contributed by atoms with Crippen molar-refractivity contribution < 1.29 is 0 Å². The Morgan fingerprint density at radius 2 is 2.37 bits per heavy atom. The third-order valence-electron chi connectivity index (χ3n) is 3.35. The van der Waals surface area contributed by atoms with Crippen LogP contribution < -0.4 is 5.32 Å². The summed E-state index contributed by atoms with van der Waals surface area (Å²) in [7, 11) is 0. The lowest BCUT2D eigenvalue weighted by atomic mass is 10.0. The lowest BCUT2D eigenvalue weighted by Crippen LogP contribution is -2.24. The molecular formula is C15H17N3S. The van der Waals surface area contributed by atoms with Gasteiger partial charge in [-0.1, -0.05) is 24.8 Å². The second kappa shape index (κ2) is 5.63. The molecule has 0 amide bonds. The number of benzene rings is 1. The fraction of sp³-hybridized carbons (Fsp3) is 0.267. The molecule has 1 atom stereocenters. The Labute approximate surface area is 117 Å². The van der Waals surface area contributed by atoms with Crippen LogP contribution >= 0.6 is 11.8 Å². The van der Waals surface area contributed by atoms with Crippen LogP contribution in [0.4, 0.5) is 0 Å². The van der Waals surface area contributed by atoms with Gasteiger partial charge in [0.15, 0.2) is 0 Å². The van der Waals surface area contributed by atoms with Gasteiger partial charge in [0, 0.05) is 35.4 Å². The van der Waals surface area contributed by atoms with E-state index in [-0.39, 0.29) is 0 Å². The number of nitrogens with one attached hydrogen (secondary N) is 1. The van der Waals surface area contributed by atoms with Crippen molar-refractivity contribution in [3.8, 4) is 0 Å².